The van der Waals surface area contributed by atoms with Crippen LogP contribution in [0.5, 0.6) is 0 Å². The van der Waals surface area contributed by atoms with Crippen LogP contribution in [0.15, 0.2) is 48.5 Å². The molecule has 0 spiro atoms. The van der Waals surface area contributed by atoms with Crippen molar-refractivity contribution in [2.45, 2.75) is 30.4 Å². The highest BCUT2D eigenvalue weighted by Crippen LogP contribution is 2.48. The van der Waals surface area contributed by atoms with Crippen molar-refractivity contribution in [3.05, 3.63) is 59.7 Å². The van der Waals surface area contributed by atoms with Gasteiger partial charge in [0.05, 0.1) is 26.6 Å². The van der Waals surface area contributed by atoms with Crippen molar-refractivity contribution in [3.63, 3.8) is 0 Å². The highest BCUT2D eigenvalue weighted by Gasteiger charge is 2.50. The van der Waals surface area contributed by atoms with E-state index in [1.165, 1.54) is 0 Å². The average Bonchev–Trinajstić information content (AvgIpc) is 2.74. The minimum atomic E-state index is -0.635. The number of benzene rings is 2. The monoisotopic (exact) mass is 408 g/mol. The van der Waals surface area contributed by atoms with Gasteiger partial charge in [-0.05, 0) is 35.4 Å². The zero-order valence-electron chi connectivity index (χ0n) is 17.7. The topological polar surface area (TPSA) is 73.2 Å². The molecule has 158 valence electrons. The molecule has 0 saturated heterocycles. The molecular formula is C23H29BN2O4. The van der Waals surface area contributed by atoms with Crippen LogP contribution in [-0.4, -0.2) is 70.5 Å². The first-order valence-corrected chi connectivity index (χ1v) is 10.1. The smallest absolute Gasteiger partial charge is 0.297 e. The maximum Gasteiger partial charge on any atom is 0.297 e. The maximum absolute atomic E-state index is 11.1. The summed E-state index contributed by atoms with van der Waals surface area (Å²) in [5.74, 6) is -1.02. The molecule has 0 amide bonds. The number of ether oxygens (including phenoxy) is 1. The van der Waals surface area contributed by atoms with E-state index in [9.17, 15) is 15.0 Å². The highest BCUT2D eigenvalue weighted by atomic mass is 16.5. The lowest BCUT2D eigenvalue weighted by molar-refractivity contribution is -0.140. The molecule has 1 aliphatic rings. The van der Waals surface area contributed by atoms with E-state index >= 15 is 0 Å². The first kappa shape index (κ1) is 22.2. The number of nitrogens with zero attached hydrogens (tertiary/aromatic N) is 2. The second-order valence-electron chi connectivity index (χ2n) is 7.96. The van der Waals surface area contributed by atoms with Crippen LogP contribution in [0, 0.1) is 0 Å². The molecule has 0 aromatic heterocycles. The Bertz CT molecular complexity index is 831. The van der Waals surface area contributed by atoms with Crippen molar-refractivity contribution in [2.75, 3.05) is 44.1 Å². The second-order valence-corrected chi connectivity index (χ2v) is 7.96. The van der Waals surface area contributed by atoms with Crippen LogP contribution in [-0.2, 0) is 9.53 Å². The van der Waals surface area contributed by atoms with Crippen molar-refractivity contribution in [1.82, 2.24) is 0 Å². The molecular weight excluding hydrogens is 379 g/mol. The Labute approximate surface area is 179 Å². The molecule has 0 heterocycles. The van der Waals surface area contributed by atoms with Gasteiger partial charge in [0.15, 0.2) is 0 Å². The lowest BCUT2D eigenvalue weighted by Gasteiger charge is -2.47. The number of esters is 1. The Kier molecular flexibility index (Phi) is 7.05. The third kappa shape index (κ3) is 4.63. The summed E-state index contributed by atoms with van der Waals surface area (Å²) in [6.07, 6.45) is -1.39. The molecule has 7 heteroatoms. The lowest BCUT2D eigenvalue weighted by atomic mass is 9.63. The molecule has 2 aromatic rings. The molecule has 1 aliphatic carbocycles. The van der Waals surface area contributed by atoms with E-state index < -0.39 is 18.2 Å². The number of likely N-dealkylation sites (N-methyl/N-ethyl adjacent to an activating group) is 1. The first-order valence-electron chi connectivity index (χ1n) is 10.1. The SMILES string of the molecule is [B]CC(=O)OCCN(C)c1ccc(C2C(O)C(c3ccc(N(C)C)cc3)C2O)cc1. The third-order valence-corrected chi connectivity index (χ3v) is 5.84. The molecule has 0 bridgehead atoms. The number of aliphatic hydroxyl groups excluding tert-OH is 2. The van der Waals surface area contributed by atoms with Crippen molar-refractivity contribution >= 4 is 25.2 Å². The van der Waals surface area contributed by atoms with Gasteiger partial charge in [0.2, 0.25) is 0 Å². The average molecular weight is 408 g/mol. The van der Waals surface area contributed by atoms with Crippen LogP contribution >= 0.6 is 0 Å². The number of carbonyl (C=O) groups is 1. The molecule has 2 N–H and O–H groups in total. The summed E-state index contributed by atoms with van der Waals surface area (Å²) in [6.45, 7) is 0.813. The van der Waals surface area contributed by atoms with Gasteiger partial charge in [0, 0.05) is 50.7 Å². The second kappa shape index (κ2) is 9.54. The van der Waals surface area contributed by atoms with Gasteiger partial charge in [-0.2, -0.15) is 0 Å². The molecule has 2 atom stereocenters. The maximum atomic E-state index is 11.1. The summed E-state index contributed by atoms with van der Waals surface area (Å²) < 4.78 is 5.00. The Morgan fingerprint density at radius 1 is 0.900 bits per heavy atom. The summed E-state index contributed by atoms with van der Waals surface area (Å²) in [4.78, 5) is 15.1. The van der Waals surface area contributed by atoms with Gasteiger partial charge in [0.1, 0.15) is 6.61 Å². The van der Waals surface area contributed by atoms with E-state index in [0.717, 1.165) is 22.5 Å². The minimum absolute atomic E-state index is 0.120. The van der Waals surface area contributed by atoms with E-state index in [4.69, 9.17) is 12.6 Å². The van der Waals surface area contributed by atoms with E-state index in [1.54, 1.807) is 0 Å². The largest absolute Gasteiger partial charge is 0.464 e. The van der Waals surface area contributed by atoms with E-state index in [2.05, 4.69) is 0 Å². The van der Waals surface area contributed by atoms with Crippen LogP contribution in [0.3, 0.4) is 0 Å². The molecule has 0 aliphatic heterocycles. The molecule has 2 radical (unpaired) electrons. The summed E-state index contributed by atoms with van der Waals surface area (Å²) in [7, 11) is 11.1. The summed E-state index contributed by atoms with van der Waals surface area (Å²) in [5.41, 5.74) is 3.89. The molecule has 30 heavy (non-hydrogen) atoms. The fourth-order valence-electron chi connectivity index (χ4n) is 3.92. The van der Waals surface area contributed by atoms with Gasteiger partial charge in [-0.15, -0.1) is 0 Å². The number of carbonyl (C=O) groups excluding carboxylic acids is 1. The van der Waals surface area contributed by atoms with Gasteiger partial charge in [-0.25, -0.2) is 0 Å². The normalized spacial score (nSPS) is 22.8. The summed E-state index contributed by atoms with van der Waals surface area (Å²) >= 11 is 0. The van der Waals surface area contributed by atoms with Crippen molar-refractivity contribution in [1.29, 1.82) is 0 Å². The summed E-state index contributed by atoms with van der Waals surface area (Å²) in [5, 5.41) is 21.5. The van der Waals surface area contributed by atoms with Crippen LogP contribution < -0.4 is 9.80 Å². The number of anilines is 2. The molecule has 6 nitrogen and oxygen atoms in total. The standard InChI is InChI=1S/C23H29BN2O4/c1-25(2)17-8-4-15(5-9-17)20-22(28)21(23(20)29)16-6-10-18(11-7-16)26(3)12-13-30-19(27)14-24/h4-11,20-23,28-29H,12-14H2,1-3H3. The first-order chi connectivity index (χ1) is 14.3. The van der Waals surface area contributed by atoms with Gasteiger partial charge < -0.3 is 24.7 Å². The molecule has 2 aromatic carbocycles. The Morgan fingerprint density at radius 3 is 1.80 bits per heavy atom. The molecule has 1 saturated carbocycles. The number of aliphatic hydroxyl groups is 2. The molecule has 3 rings (SSSR count). The highest BCUT2D eigenvalue weighted by molar-refractivity contribution is 6.18. The van der Waals surface area contributed by atoms with Gasteiger partial charge in [-0.1, -0.05) is 24.3 Å². The number of rotatable bonds is 8. The van der Waals surface area contributed by atoms with Crippen molar-refractivity contribution in [3.8, 4) is 0 Å². The minimum Gasteiger partial charge on any atom is -0.464 e. The van der Waals surface area contributed by atoms with E-state index in [-0.39, 0.29) is 24.8 Å². The van der Waals surface area contributed by atoms with Crippen LogP contribution in [0.1, 0.15) is 23.0 Å². The number of hydrogen-bond acceptors (Lipinski definition) is 6. The fraction of sp³-hybridized carbons (Fsp3) is 0.435. The third-order valence-electron chi connectivity index (χ3n) is 5.84. The molecule has 2 unspecified atom stereocenters. The summed E-state index contributed by atoms with van der Waals surface area (Å²) in [6, 6.07) is 15.7. The quantitative estimate of drug-likeness (QED) is 0.514. The van der Waals surface area contributed by atoms with Gasteiger partial charge in [0.25, 0.3) is 5.97 Å². The van der Waals surface area contributed by atoms with Crippen molar-refractivity contribution < 1.29 is 19.7 Å². The Balaban J connectivity index is 1.61. The van der Waals surface area contributed by atoms with Crippen LogP contribution in [0.25, 0.3) is 0 Å². The van der Waals surface area contributed by atoms with Gasteiger partial charge >= 0.3 is 0 Å². The van der Waals surface area contributed by atoms with Gasteiger partial charge in [-0.3, -0.25) is 4.79 Å². The predicted octanol–water partition coefficient (Wildman–Crippen LogP) is 1.92. The zero-order chi connectivity index (χ0) is 21.8. The Morgan fingerprint density at radius 2 is 1.37 bits per heavy atom. The van der Waals surface area contributed by atoms with E-state index in [0.29, 0.717) is 6.54 Å². The number of hydrogen-bond donors (Lipinski definition) is 2. The lowest BCUT2D eigenvalue weighted by Crippen LogP contribution is -2.51. The van der Waals surface area contributed by atoms with Crippen molar-refractivity contribution in [2.24, 2.45) is 0 Å². The fourth-order valence-corrected chi connectivity index (χ4v) is 3.92. The van der Waals surface area contributed by atoms with E-state index in [1.807, 2.05) is 79.5 Å². The zero-order valence-corrected chi connectivity index (χ0v) is 17.7. The Hall–Kier alpha value is -2.51. The predicted molar refractivity (Wildman–Crippen MR) is 119 cm³/mol. The molecule has 1 fully saturated rings. The van der Waals surface area contributed by atoms with Crippen LogP contribution in [0.4, 0.5) is 11.4 Å². The van der Waals surface area contributed by atoms with Crippen LogP contribution in [0.2, 0.25) is 6.32 Å².